The number of phenolic OH excluding ortho intramolecular Hbond substituents is 1. The number of hydrogen-bond acceptors (Lipinski definition) is 4. The van der Waals surface area contributed by atoms with Crippen LogP contribution in [0.4, 0.5) is 0 Å². The Morgan fingerprint density at radius 1 is 1.50 bits per heavy atom. The summed E-state index contributed by atoms with van der Waals surface area (Å²) in [7, 11) is 0. The fourth-order valence-corrected chi connectivity index (χ4v) is 2.12. The van der Waals surface area contributed by atoms with Crippen molar-refractivity contribution < 1.29 is 14.6 Å². The largest absolute Gasteiger partial charge is 0.508 e. The number of esters is 1. The summed E-state index contributed by atoms with van der Waals surface area (Å²) in [6.07, 6.45) is 3.69. The molecule has 0 atom stereocenters. The summed E-state index contributed by atoms with van der Waals surface area (Å²) in [6.45, 7) is 2.61. The first-order chi connectivity index (χ1) is 9.61. The van der Waals surface area contributed by atoms with Crippen LogP contribution in [0.2, 0.25) is 5.02 Å². The minimum atomic E-state index is -0.246. The molecule has 0 saturated heterocycles. The average Bonchev–Trinajstić information content (AvgIpc) is 2.85. The van der Waals surface area contributed by atoms with Gasteiger partial charge in [-0.2, -0.15) is 0 Å². The number of carbonyl (C=O) groups is 1. The molecule has 2 rings (SSSR count). The van der Waals surface area contributed by atoms with Gasteiger partial charge in [-0.05, 0) is 25.1 Å². The molecule has 0 aliphatic rings. The Kier molecular flexibility index (Phi) is 4.63. The average molecular weight is 295 g/mol. The fourth-order valence-electron chi connectivity index (χ4n) is 1.86. The number of hydrogen-bond donors (Lipinski definition) is 1. The van der Waals surface area contributed by atoms with Gasteiger partial charge in [0.05, 0.1) is 18.1 Å². The quantitative estimate of drug-likeness (QED) is 0.861. The second-order valence-corrected chi connectivity index (χ2v) is 4.57. The summed E-state index contributed by atoms with van der Waals surface area (Å²) in [5.41, 5.74) is 0.707. The third-order valence-corrected chi connectivity index (χ3v) is 3.08. The van der Waals surface area contributed by atoms with Crippen molar-refractivity contribution in [3.05, 3.63) is 35.6 Å². The normalized spacial score (nSPS) is 10.5. The van der Waals surface area contributed by atoms with Crippen molar-refractivity contribution in [3.8, 4) is 17.1 Å². The zero-order valence-corrected chi connectivity index (χ0v) is 11.8. The van der Waals surface area contributed by atoms with Crippen LogP contribution in [-0.4, -0.2) is 27.2 Å². The third-order valence-electron chi connectivity index (χ3n) is 2.77. The maximum atomic E-state index is 11.4. The summed E-state index contributed by atoms with van der Waals surface area (Å²) in [4.78, 5) is 15.6. The van der Waals surface area contributed by atoms with Gasteiger partial charge in [-0.1, -0.05) is 11.6 Å². The van der Waals surface area contributed by atoms with Crippen LogP contribution in [0.25, 0.3) is 11.4 Å². The smallest absolute Gasteiger partial charge is 0.307 e. The second kappa shape index (κ2) is 6.43. The van der Waals surface area contributed by atoms with E-state index < -0.39 is 0 Å². The molecule has 2 aromatic rings. The molecule has 0 radical (unpaired) electrons. The molecule has 20 heavy (non-hydrogen) atoms. The van der Waals surface area contributed by atoms with Gasteiger partial charge in [0, 0.05) is 24.5 Å². The van der Waals surface area contributed by atoms with E-state index in [1.807, 2.05) is 4.57 Å². The van der Waals surface area contributed by atoms with Gasteiger partial charge in [-0.25, -0.2) is 4.98 Å². The number of ether oxygens (including phenoxy) is 1. The number of carbonyl (C=O) groups excluding carboxylic acids is 1. The molecular weight excluding hydrogens is 280 g/mol. The number of halogens is 1. The van der Waals surface area contributed by atoms with Crippen molar-refractivity contribution in [2.24, 2.45) is 0 Å². The molecule has 0 aliphatic heterocycles. The molecule has 1 aromatic carbocycles. The number of imidazole rings is 1. The van der Waals surface area contributed by atoms with E-state index in [2.05, 4.69) is 4.98 Å². The Morgan fingerprint density at radius 2 is 2.30 bits per heavy atom. The van der Waals surface area contributed by atoms with Gasteiger partial charge in [0.2, 0.25) is 0 Å². The Balaban J connectivity index is 2.18. The lowest BCUT2D eigenvalue weighted by atomic mass is 10.2. The number of rotatable bonds is 5. The summed E-state index contributed by atoms with van der Waals surface area (Å²) in [5.74, 6) is 0.506. The molecule has 106 valence electrons. The number of benzene rings is 1. The molecule has 0 unspecified atom stereocenters. The minimum Gasteiger partial charge on any atom is -0.508 e. The van der Waals surface area contributed by atoms with Crippen molar-refractivity contribution in [3.63, 3.8) is 0 Å². The van der Waals surface area contributed by atoms with E-state index in [9.17, 15) is 9.90 Å². The Morgan fingerprint density at radius 3 is 3.00 bits per heavy atom. The van der Waals surface area contributed by atoms with Gasteiger partial charge in [-0.3, -0.25) is 4.79 Å². The zero-order chi connectivity index (χ0) is 14.5. The molecular formula is C14H15ClN2O3. The molecule has 1 heterocycles. The predicted molar refractivity (Wildman–Crippen MR) is 75.6 cm³/mol. The van der Waals surface area contributed by atoms with Crippen LogP contribution in [0.3, 0.4) is 0 Å². The van der Waals surface area contributed by atoms with Crippen molar-refractivity contribution >= 4 is 17.6 Å². The molecule has 0 aliphatic carbocycles. The van der Waals surface area contributed by atoms with Crippen molar-refractivity contribution in [2.75, 3.05) is 6.61 Å². The summed E-state index contributed by atoms with van der Waals surface area (Å²) >= 11 is 6.10. The predicted octanol–water partition coefficient (Wildman–Crippen LogP) is 2.86. The van der Waals surface area contributed by atoms with Crippen LogP contribution in [0, 0.1) is 0 Å². The van der Waals surface area contributed by atoms with E-state index in [0.29, 0.717) is 29.6 Å². The highest BCUT2D eigenvalue weighted by molar-refractivity contribution is 6.33. The maximum Gasteiger partial charge on any atom is 0.307 e. The summed E-state index contributed by atoms with van der Waals surface area (Å²) in [6, 6.07) is 4.70. The molecule has 0 saturated carbocycles. The minimum absolute atomic E-state index is 0.100. The van der Waals surface area contributed by atoms with Crippen LogP contribution in [-0.2, 0) is 16.1 Å². The number of phenols is 1. The maximum absolute atomic E-state index is 11.4. The third kappa shape index (κ3) is 3.30. The summed E-state index contributed by atoms with van der Waals surface area (Å²) < 4.78 is 6.72. The molecule has 0 fully saturated rings. The van der Waals surface area contributed by atoms with Crippen LogP contribution in [0.15, 0.2) is 30.6 Å². The Labute approximate surface area is 121 Å². The lowest BCUT2D eigenvalue weighted by Crippen LogP contribution is -2.09. The van der Waals surface area contributed by atoms with E-state index in [0.717, 1.165) is 0 Å². The standard InChI is InChI=1S/C14H15ClN2O3/c1-2-20-13(19)5-7-17-8-6-16-14(17)11-4-3-10(18)9-12(11)15/h3-4,6,8-9,18H,2,5,7H2,1H3. The molecule has 1 aromatic heterocycles. The van der Waals surface area contributed by atoms with Crippen LogP contribution in [0.5, 0.6) is 5.75 Å². The van der Waals surface area contributed by atoms with E-state index in [1.165, 1.54) is 6.07 Å². The van der Waals surface area contributed by atoms with E-state index in [4.69, 9.17) is 16.3 Å². The van der Waals surface area contributed by atoms with E-state index in [-0.39, 0.29) is 18.1 Å². The molecule has 5 nitrogen and oxygen atoms in total. The Hall–Kier alpha value is -2.01. The number of nitrogens with zero attached hydrogens (tertiary/aromatic N) is 2. The van der Waals surface area contributed by atoms with Crippen molar-refractivity contribution in [2.45, 2.75) is 19.9 Å². The first-order valence-electron chi connectivity index (χ1n) is 6.27. The van der Waals surface area contributed by atoms with E-state index in [1.54, 1.807) is 31.5 Å². The van der Waals surface area contributed by atoms with Crippen molar-refractivity contribution in [1.82, 2.24) is 9.55 Å². The second-order valence-electron chi connectivity index (χ2n) is 4.16. The van der Waals surface area contributed by atoms with Gasteiger partial charge >= 0.3 is 5.97 Å². The fraction of sp³-hybridized carbons (Fsp3) is 0.286. The highest BCUT2D eigenvalue weighted by Crippen LogP contribution is 2.29. The monoisotopic (exact) mass is 294 g/mol. The number of aromatic hydroxyl groups is 1. The molecule has 1 N–H and O–H groups in total. The molecule has 0 bridgehead atoms. The lowest BCUT2D eigenvalue weighted by molar-refractivity contribution is -0.143. The van der Waals surface area contributed by atoms with Gasteiger partial charge in [0.25, 0.3) is 0 Å². The highest BCUT2D eigenvalue weighted by atomic mass is 35.5. The highest BCUT2D eigenvalue weighted by Gasteiger charge is 2.11. The Bertz CT molecular complexity index is 610. The lowest BCUT2D eigenvalue weighted by Gasteiger charge is -2.09. The number of aromatic nitrogens is 2. The first-order valence-corrected chi connectivity index (χ1v) is 6.65. The SMILES string of the molecule is CCOC(=O)CCn1ccnc1-c1ccc(O)cc1Cl. The zero-order valence-electron chi connectivity index (χ0n) is 11.0. The first kappa shape index (κ1) is 14.4. The molecule has 0 spiro atoms. The van der Waals surface area contributed by atoms with E-state index >= 15 is 0 Å². The number of aryl methyl sites for hydroxylation is 1. The van der Waals surface area contributed by atoms with Crippen LogP contribution >= 0.6 is 11.6 Å². The molecule has 6 heteroatoms. The van der Waals surface area contributed by atoms with Gasteiger partial charge in [0.1, 0.15) is 11.6 Å². The summed E-state index contributed by atoms with van der Waals surface area (Å²) in [5, 5.41) is 9.78. The molecule has 0 amide bonds. The van der Waals surface area contributed by atoms with Crippen molar-refractivity contribution in [1.29, 1.82) is 0 Å². The van der Waals surface area contributed by atoms with Crippen LogP contribution < -0.4 is 0 Å². The topological polar surface area (TPSA) is 64.4 Å². The van der Waals surface area contributed by atoms with Gasteiger partial charge in [0.15, 0.2) is 0 Å². The van der Waals surface area contributed by atoms with Crippen LogP contribution in [0.1, 0.15) is 13.3 Å². The van der Waals surface area contributed by atoms with Gasteiger partial charge in [-0.15, -0.1) is 0 Å². The van der Waals surface area contributed by atoms with Gasteiger partial charge < -0.3 is 14.4 Å².